The summed E-state index contributed by atoms with van der Waals surface area (Å²) < 4.78 is 15.9. The van der Waals surface area contributed by atoms with E-state index in [1.807, 2.05) is 30.3 Å². The minimum Gasteiger partial charge on any atom is -0.268 e. The minimum atomic E-state index is -0.287. The van der Waals surface area contributed by atoms with E-state index in [9.17, 15) is 9.18 Å². The molecule has 2 aromatic heterocycles. The third-order valence-electron chi connectivity index (χ3n) is 3.79. The van der Waals surface area contributed by atoms with Crippen LogP contribution in [0.25, 0.3) is 16.7 Å². The van der Waals surface area contributed by atoms with Gasteiger partial charge in [-0.2, -0.15) is 5.10 Å². The van der Waals surface area contributed by atoms with Gasteiger partial charge in [-0.25, -0.2) is 9.37 Å². The van der Waals surface area contributed by atoms with Crippen molar-refractivity contribution in [3.8, 4) is 5.69 Å². The number of aromatic nitrogens is 4. The Morgan fingerprint density at radius 1 is 1.19 bits per heavy atom. The van der Waals surface area contributed by atoms with Crippen LogP contribution in [0.4, 0.5) is 4.39 Å². The number of rotatable bonds is 4. The number of nitrogens with one attached hydrogen (secondary N) is 1. The number of nitrogens with zero attached hydrogens (tertiary/aromatic N) is 3. The molecular weight excluding hydrogens is 419 g/mol. The van der Waals surface area contributed by atoms with Crippen LogP contribution in [0, 0.1) is 5.82 Å². The van der Waals surface area contributed by atoms with Crippen molar-refractivity contribution in [1.29, 1.82) is 0 Å². The Bertz CT molecular complexity index is 1140. The van der Waals surface area contributed by atoms with Gasteiger partial charge in [0, 0.05) is 10.2 Å². The predicted octanol–water partition coefficient (Wildman–Crippen LogP) is 4.30. The van der Waals surface area contributed by atoms with Crippen LogP contribution < -0.4 is 5.56 Å². The average Bonchev–Trinajstić information content (AvgIpc) is 3.10. The Hall–Kier alpha value is -2.45. The summed E-state index contributed by atoms with van der Waals surface area (Å²) in [6.07, 6.45) is 1.47. The Morgan fingerprint density at radius 2 is 2.00 bits per heavy atom. The molecule has 0 bridgehead atoms. The van der Waals surface area contributed by atoms with Gasteiger partial charge in [0.25, 0.3) is 5.56 Å². The second-order valence-electron chi connectivity index (χ2n) is 5.56. The van der Waals surface area contributed by atoms with E-state index in [-0.39, 0.29) is 11.4 Å². The maximum atomic E-state index is 13.4. The predicted molar refractivity (Wildman–Crippen MR) is 103 cm³/mol. The highest BCUT2D eigenvalue weighted by Gasteiger charge is 2.15. The molecular formula is C18H12BrFN4OS. The van der Waals surface area contributed by atoms with Gasteiger partial charge in [-0.3, -0.25) is 14.5 Å². The van der Waals surface area contributed by atoms with E-state index in [4.69, 9.17) is 0 Å². The summed E-state index contributed by atoms with van der Waals surface area (Å²) in [4.78, 5) is 17.5. The molecule has 0 amide bonds. The second kappa shape index (κ2) is 7.05. The highest BCUT2D eigenvalue weighted by Crippen LogP contribution is 2.25. The maximum Gasteiger partial charge on any atom is 0.269 e. The summed E-state index contributed by atoms with van der Waals surface area (Å²) in [5.41, 5.74) is 1.75. The summed E-state index contributed by atoms with van der Waals surface area (Å²) in [7, 11) is 0. The molecule has 0 unspecified atom stereocenters. The first-order chi connectivity index (χ1) is 12.6. The van der Waals surface area contributed by atoms with Crippen molar-refractivity contribution in [2.75, 3.05) is 0 Å². The lowest BCUT2D eigenvalue weighted by molar-refractivity contribution is 0.626. The SMILES string of the molecule is O=c1c2cn[nH]c2nc(SCc2cccc(F)c2)n1-c1ccc(Br)cc1. The van der Waals surface area contributed by atoms with E-state index in [0.717, 1.165) is 10.0 Å². The molecule has 0 saturated heterocycles. The number of hydrogen-bond acceptors (Lipinski definition) is 4. The van der Waals surface area contributed by atoms with Crippen LogP contribution >= 0.6 is 27.7 Å². The van der Waals surface area contributed by atoms with Gasteiger partial charge in [0.15, 0.2) is 10.8 Å². The normalized spacial score (nSPS) is 11.2. The van der Waals surface area contributed by atoms with Crippen molar-refractivity contribution >= 4 is 38.7 Å². The van der Waals surface area contributed by atoms with E-state index < -0.39 is 0 Å². The molecule has 0 radical (unpaired) electrons. The molecule has 5 nitrogen and oxygen atoms in total. The zero-order valence-corrected chi connectivity index (χ0v) is 15.7. The molecule has 0 saturated carbocycles. The molecule has 0 atom stereocenters. The van der Waals surface area contributed by atoms with Gasteiger partial charge in [-0.1, -0.05) is 39.8 Å². The quantitative estimate of drug-likeness (QED) is 0.387. The number of benzene rings is 2. The Morgan fingerprint density at radius 3 is 2.77 bits per heavy atom. The fourth-order valence-corrected chi connectivity index (χ4v) is 3.78. The third-order valence-corrected chi connectivity index (χ3v) is 5.33. The molecule has 4 rings (SSSR count). The van der Waals surface area contributed by atoms with Crippen LogP contribution in [0.15, 0.2) is 69.2 Å². The van der Waals surface area contributed by atoms with Crippen molar-refractivity contribution in [3.63, 3.8) is 0 Å². The van der Waals surface area contributed by atoms with Crippen LogP contribution in [0.2, 0.25) is 0 Å². The lowest BCUT2D eigenvalue weighted by Crippen LogP contribution is -2.21. The van der Waals surface area contributed by atoms with Gasteiger partial charge in [0.2, 0.25) is 0 Å². The van der Waals surface area contributed by atoms with Gasteiger partial charge in [0.1, 0.15) is 11.2 Å². The van der Waals surface area contributed by atoms with Crippen molar-refractivity contribution in [2.24, 2.45) is 0 Å². The van der Waals surface area contributed by atoms with Crippen molar-refractivity contribution in [3.05, 3.63) is 80.9 Å². The number of fused-ring (bicyclic) bond motifs is 1. The lowest BCUT2D eigenvalue weighted by atomic mass is 10.2. The Balaban J connectivity index is 1.80. The van der Waals surface area contributed by atoms with Gasteiger partial charge < -0.3 is 0 Å². The first-order valence-corrected chi connectivity index (χ1v) is 9.49. The van der Waals surface area contributed by atoms with Crippen LogP contribution in [-0.4, -0.2) is 19.7 Å². The molecule has 2 aromatic carbocycles. The maximum absolute atomic E-state index is 13.4. The fourth-order valence-electron chi connectivity index (χ4n) is 2.56. The summed E-state index contributed by atoms with van der Waals surface area (Å²) in [6, 6.07) is 13.8. The van der Waals surface area contributed by atoms with Gasteiger partial charge >= 0.3 is 0 Å². The van der Waals surface area contributed by atoms with Gasteiger partial charge in [-0.05, 0) is 42.0 Å². The van der Waals surface area contributed by atoms with Gasteiger partial charge in [0.05, 0.1) is 11.9 Å². The zero-order valence-electron chi connectivity index (χ0n) is 13.3. The molecule has 4 aromatic rings. The van der Waals surface area contributed by atoms with Crippen LogP contribution in [-0.2, 0) is 5.75 Å². The minimum absolute atomic E-state index is 0.201. The molecule has 8 heteroatoms. The number of H-pyrrole nitrogens is 1. The molecule has 0 fully saturated rings. The lowest BCUT2D eigenvalue weighted by Gasteiger charge is -2.12. The van der Waals surface area contributed by atoms with Crippen molar-refractivity contribution < 1.29 is 4.39 Å². The van der Waals surface area contributed by atoms with E-state index in [1.165, 1.54) is 30.1 Å². The molecule has 0 aliphatic heterocycles. The Labute approximate surface area is 160 Å². The summed E-state index contributed by atoms with van der Waals surface area (Å²) in [5, 5.41) is 7.59. The Kier molecular flexibility index (Phi) is 4.60. The molecule has 0 aliphatic carbocycles. The van der Waals surface area contributed by atoms with Gasteiger partial charge in [-0.15, -0.1) is 0 Å². The highest BCUT2D eigenvalue weighted by atomic mass is 79.9. The standard InChI is InChI=1S/C18H12BrFN4OS/c19-12-4-6-14(7-5-12)24-17(25)15-9-21-23-16(15)22-18(24)26-10-11-2-1-3-13(20)8-11/h1-9H,10H2,(H,21,23). The average molecular weight is 431 g/mol. The number of hydrogen-bond donors (Lipinski definition) is 1. The third kappa shape index (κ3) is 3.30. The topological polar surface area (TPSA) is 63.6 Å². The smallest absolute Gasteiger partial charge is 0.268 e. The molecule has 2 heterocycles. The summed E-state index contributed by atoms with van der Waals surface area (Å²) >= 11 is 4.76. The number of halogens is 2. The largest absolute Gasteiger partial charge is 0.269 e. The highest BCUT2D eigenvalue weighted by molar-refractivity contribution is 9.10. The van der Waals surface area contributed by atoms with Crippen LogP contribution in [0.5, 0.6) is 0 Å². The van der Waals surface area contributed by atoms with Crippen LogP contribution in [0.3, 0.4) is 0 Å². The summed E-state index contributed by atoms with van der Waals surface area (Å²) in [5.74, 6) is 0.200. The zero-order chi connectivity index (χ0) is 18.1. The second-order valence-corrected chi connectivity index (χ2v) is 7.42. The molecule has 1 N–H and O–H groups in total. The molecule has 0 aliphatic rings. The first kappa shape index (κ1) is 17.0. The monoisotopic (exact) mass is 430 g/mol. The van der Waals surface area contributed by atoms with E-state index in [2.05, 4.69) is 31.1 Å². The number of thioether (sulfide) groups is 1. The summed E-state index contributed by atoms with van der Waals surface area (Å²) in [6.45, 7) is 0. The van der Waals surface area contributed by atoms with E-state index in [1.54, 1.807) is 10.6 Å². The van der Waals surface area contributed by atoms with E-state index >= 15 is 0 Å². The fraction of sp³-hybridized carbons (Fsp3) is 0.0556. The number of aromatic amines is 1. The molecule has 0 spiro atoms. The molecule has 26 heavy (non-hydrogen) atoms. The first-order valence-electron chi connectivity index (χ1n) is 7.71. The van der Waals surface area contributed by atoms with Crippen molar-refractivity contribution in [2.45, 2.75) is 10.9 Å². The van der Waals surface area contributed by atoms with Crippen molar-refractivity contribution in [1.82, 2.24) is 19.7 Å². The van der Waals surface area contributed by atoms with E-state index in [0.29, 0.717) is 27.6 Å². The van der Waals surface area contributed by atoms with Crippen LogP contribution in [0.1, 0.15) is 5.56 Å². The molecule has 130 valence electrons.